The number of hydrogen-bond donors (Lipinski definition) is 5. The quantitative estimate of drug-likeness (QED) is 0.412. The maximum absolute atomic E-state index is 12.3. The van der Waals surface area contributed by atoms with E-state index in [1.54, 1.807) is 0 Å². The van der Waals surface area contributed by atoms with E-state index < -0.39 is 0 Å². The normalized spacial score (nSPS) is 12.2. The molecule has 1 heterocycles. The van der Waals surface area contributed by atoms with Crippen molar-refractivity contribution in [3.63, 3.8) is 0 Å². The second-order valence-corrected chi connectivity index (χ2v) is 6.34. The molecule has 0 spiro atoms. The summed E-state index contributed by atoms with van der Waals surface area (Å²) in [5, 5.41) is 2.81. The number of H-pyrrole nitrogens is 1. The molecule has 136 valence electrons. The number of nitrogens with zero attached hydrogens (tertiary/aromatic N) is 1. The number of imidazole rings is 1. The zero-order valence-electron chi connectivity index (χ0n) is 14.5. The van der Waals surface area contributed by atoms with Crippen LogP contribution in [-0.4, -0.2) is 35.0 Å². The van der Waals surface area contributed by atoms with Crippen LogP contribution in [0.2, 0.25) is 0 Å². The summed E-state index contributed by atoms with van der Waals surface area (Å²) in [6.07, 6.45) is 1.62. The average molecular weight is 352 g/mol. The number of rotatable bonds is 7. The summed E-state index contributed by atoms with van der Waals surface area (Å²) in [4.78, 5) is 19.7. The molecule has 2 aromatic carbocycles. The van der Waals surface area contributed by atoms with Gasteiger partial charge in [-0.2, -0.15) is 0 Å². The van der Waals surface area contributed by atoms with Crippen molar-refractivity contribution in [2.24, 2.45) is 11.5 Å². The SMILES string of the molecule is NCCC[C@H](N)CNC(=O)c1nc2ccc(-c3ccc(N)cc3)cc2[nH]1. The van der Waals surface area contributed by atoms with Gasteiger partial charge in [-0.25, -0.2) is 4.98 Å². The van der Waals surface area contributed by atoms with Gasteiger partial charge in [0.1, 0.15) is 0 Å². The molecule has 0 aliphatic carbocycles. The second kappa shape index (κ2) is 7.99. The summed E-state index contributed by atoms with van der Waals surface area (Å²) >= 11 is 0. The molecular weight excluding hydrogens is 328 g/mol. The summed E-state index contributed by atoms with van der Waals surface area (Å²) < 4.78 is 0. The number of nitrogen functional groups attached to an aromatic ring is 1. The molecule has 1 aromatic heterocycles. The van der Waals surface area contributed by atoms with Gasteiger partial charge in [0, 0.05) is 18.3 Å². The highest BCUT2D eigenvalue weighted by Crippen LogP contribution is 2.24. The predicted molar refractivity (Wildman–Crippen MR) is 105 cm³/mol. The molecule has 7 heteroatoms. The van der Waals surface area contributed by atoms with Crippen LogP contribution in [0.1, 0.15) is 23.5 Å². The minimum atomic E-state index is -0.265. The number of fused-ring (bicyclic) bond motifs is 1. The zero-order chi connectivity index (χ0) is 18.5. The molecule has 0 saturated carbocycles. The Hall–Kier alpha value is -2.90. The standard InChI is InChI=1S/C19H24N6O/c20-9-1-2-15(22)11-23-19(26)18-24-16-8-5-13(10-17(16)25-18)12-3-6-14(21)7-4-12/h3-8,10,15H,1-2,9,11,20-22H2,(H,23,26)(H,24,25)/t15-/m0/s1. The van der Waals surface area contributed by atoms with E-state index in [4.69, 9.17) is 17.2 Å². The number of benzene rings is 2. The van der Waals surface area contributed by atoms with Gasteiger partial charge in [0.15, 0.2) is 5.82 Å². The molecule has 0 radical (unpaired) electrons. The number of carbonyl (C=O) groups excluding carboxylic acids is 1. The molecule has 1 atom stereocenters. The summed E-state index contributed by atoms with van der Waals surface area (Å²) in [7, 11) is 0. The second-order valence-electron chi connectivity index (χ2n) is 6.34. The van der Waals surface area contributed by atoms with Crippen molar-refractivity contribution in [3.8, 4) is 11.1 Å². The topological polar surface area (TPSA) is 136 Å². The van der Waals surface area contributed by atoms with Crippen molar-refractivity contribution in [1.82, 2.24) is 15.3 Å². The smallest absolute Gasteiger partial charge is 0.287 e. The van der Waals surface area contributed by atoms with Gasteiger partial charge < -0.3 is 27.5 Å². The number of aromatic nitrogens is 2. The Bertz CT molecular complexity index is 887. The van der Waals surface area contributed by atoms with Crippen molar-refractivity contribution in [2.75, 3.05) is 18.8 Å². The van der Waals surface area contributed by atoms with Crippen LogP contribution in [0.4, 0.5) is 5.69 Å². The van der Waals surface area contributed by atoms with E-state index in [2.05, 4.69) is 15.3 Å². The number of anilines is 1. The number of nitrogens with two attached hydrogens (primary N) is 3. The minimum absolute atomic E-state index is 0.107. The molecule has 26 heavy (non-hydrogen) atoms. The van der Waals surface area contributed by atoms with E-state index in [-0.39, 0.29) is 17.8 Å². The summed E-state index contributed by atoms with van der Waals surface area (Å²) in [6.45, 7) is 0.994. The van der Waals surface area contributed by atoms with E-state index in [0.29, 0.717) is 13.1 Å². The van der Waals surface area contributed by atoms with Gasteiger partial charge in [0.05, 0.1) is 11.0 Å². The lowest BCUT2D eigenvalue weighted by molar-refractivity contribution is 0.0941. The largest absolute Gasteiger partial charge is 0.399 e. The van der Waals surface area contributed by atoms with E-state index >= 15 is 0 Å². The molecule has 0 fully saturated rings. The van der Waals surface area contributed by atoms with Crippen LogP contribution >= 0.6 is 0 Å². The van der Waals surface area contributed by atoms with Gasteiger partial charge in [0.2, 0.25) is 0 Å². The van der Waals surface area contributed by atoms with E-state index in [1.807, 2.05) is 42.5 Å². The average Bonchev–Trinajstić information content (AvgIpc) is 3.08. The van der Waals surface area contributed by atoms with Gasteiger partial charge >= 0.3 is 0 Å². The molecule has 0 bridgehead atoms. The number of aromatic amines is 1. The van der Waals surface area contributed by atoms with Crippen LogP contribution in [0.3, 0.4) is 0 Å². The van der Waals surface area contributed by atoms with Crippen molar-refractivity contribution in [2.45, 2.75) is 18.9 Å². The maximum atomic E-state index is 12.3. The van der Waals surface area contributed by atoms with E-state index in [0.717, 1.165) is 40.7 Å². The third-order valence-electron chi connectivity index (χ3n) is 4.24. The maximum Gasteiger partial charge on any atom is 0.287 e. The fourth-order valence-electron chi connectivity index (χ4n) is 2.76. The van der Waals surface area contributed by atoms with Crippen molar-refractivity contribution in [1.29, 1.82) is 0 Å². The van der Waals surface area contributed by atoms with Crippen molar-refractivity contribution in [3.05, 3.63) is 48.3 Å². The Kier molecular flexibility index (Phi) is 5.50. The van der Waals surface area contributed by atoms with Crippen molar-refractivity contribution < 1.29 is 4.79 Å². The van der Waals surface area contributed by atoms with E-state index in [1.165, 1.54) is 0 Å². The zero-order valence-corrected chi connectivity index (χ0v) is 14.5. The summed E-state index contributed by atoms with van der Waals surface area (Å²) in [6, 6.07) is 13.4. The van der Waals surface area contributed by atoms with Gasteiger partial charge in [0.25, 0.3) is 5.91 Å². The van der Waals surface area contributed by atoms with Gasteiger partial charge in [-0.15, -0.1) is 0 Å². The number of amides is 1. The third kappa shape index (κ3) is 4.19. The predicted octanol–water partition coefficient (Wildman–Crippen LogP) is 1.61. The lowest BCUT2D eigenvalue weighted by Gasteiger charge is -2.11. The highest BCUT2D eigenvalue weighted by molar-refractivity contribution is 5.95. The van der Waals surface area contributed by atoms with Crippen LogP contribution in [-0.2, 0) is 0 Å². The Labute approximate surface area is 152 Å². The molecule has 1 amide bonds. The molecule has 0 saturated heterocycles. The van der Waals surface area contributed by atoms with Crippen LogP contribution in [0, 0.1) is 0 Å². The first-order valence-electron chi connectivity index (χ1n) is 8.66. The number of carbonyl (C=O) groups is 1. The lowest BCUT2D eigenvalue weighted by Crippen LogP contribution is -2.37. The Morgan fingerprint density at radius 1 is 1.15 bits per heavy atom. The fourth-order valence-corrected chi connectivity index (χ4v) is 2.76. The Balaban J connectivity index is 1.72. The highest BCUT2D eigenvalue weighted by Gasteiger charge is 2.13. The van der Waals surface area contributed by atoms with Crippen LogP contribution < -0.4 is 22.5 Å². The first-order chi connectivity index (χ1) is 12.6. The van der Waals surface area contributed by atoms with Crippen LogP contribution in [0.15, 0.2) is 42.5 Å². The summed E-state index contributed by atoms with van der Waals surface area (Å²) in [5.74, 6) is 0.0129. The molecule has 0 unspecified atom stereocenters. The number of nitrogens with one attached hydrogen (secondary N) is 2. The lowest BCUT2D eigenvalue weighted by atomic mass is 10.0. The molecular formula is C19H24N6O. The highest BCUT2D eigenvalue weighted by atomic mass is 16.2. The monoisotopic (exact) mass is 352 g/mol. The van der Waals surface area contributed by atoms with Crippen LogP contribution in [0.25, 0.3) is 22.2 Å². The van der Waals surface area contributed by atoms with Crippen LogP contribution in [0.5, 0.6) is 0 Å². The minimum Gasteiger partial charge on any atom is -0.399 e. The third-order valence-corrected chi connectivity index (χ3v) is 4.24. The first kappa shape index (κ1) is 17.9. The van der Waals surface area contributed by atoms with Gasteiger partial charge in [-0.3, -0.25) is 4.79 Å². The first-order valence-corrected chi connectivity index (χ1v) is 8.66. The molecule has 3 aromatic rings. The Morgan fingerprint density at radius 3 is 2.62 bits per heavy atom. The van der Waals surface area contributed by atoms with Crippen molar-refractivity contribution >= 4 is 22.6 Å². The van der Waals surface area contributed by atoms with Gasteiger partial charge in [-0.1, -0.05) is 18.2 Å². The molecule has 7 nitrogen and oxygen atoms in total. The molecule has 8 N–H and O–H groups in total. The summed E-state index contributed by atoms with van der Waals surface area (Å²) in [5.41, 5.74) is 21.5. The molecule has 0 aliphatic heterocycles. The number of hydrogen-bond acceptors (Lipinski definition) is 5. The Morgan fingerprint density at radius 2 is 1.88 bits per heavy atom. The van der Waals surface area contributed by atoms with E-state index in [9.17, 15) is 4.79 Å². The van der Waals surface area contributed by atoms with Gasteiger partial charge in [-0.05, 0) is 54.8 Å². The molecule has 3 rings (SSSR count). The molecule has 0 aliphatic rings. The fraction of sp³-hybridized carbons (Fsp3) is 0.263.